The zero-order valence-corrected chi connectivity index (χ0v) is 14.0. The van der Waals surface area contributed by atoms with Gasteiger partial charge in [0.2, 0.25) is 0 Å². The maximum Gasteiger partial charge on any atom is 0.178 e. The number of hydrogen-bond acceptors (Lipinski definition) is 5. The van der Waals surface area contributed by atoms with E-state index in [9.17, 15) is 0 Å². The van der Waals surface area contributed by atoms with Crippen LogP contribution in [0.15, 0.2) is 12.1 Å². The number of likely N-dealkylation sites (N-methyl/N-ethyl adjacent to an activating group) is 1. The van der Waals surface area contributed by atoms with E-state index < -0.39 is 0 Å². The van der Waals surface area contributed by atoms with Crippen LogP contribution in [0.1, 0.15) is 38.4 Å². The van der Waals surface area contributed by atoms with Crippen molar-refractivity contribution in [3.05, 3.63) is 18.0 Å². The lowest BCUT2D eigenvalue weighted by Crippen LogP contribution is -2.52. The molecule has 1 saturated carbocycles. The molecule has 1 fully saturated rings. The summed E-state index contributed by atoms with van der Waals surface area (Å²) in [5, 5.41) is 16.3. The first-order valence-electron chi connectivity index (χ1n) is 8.10. The Hall–Kier alpha value is -1.69. The molecule has 2 unspecified atom stereocenters. The van der Waals surface area contributed by atoms with E-state index in [1.54, 1.807) is 4.52 Å². The molecule has 3 rings (SSSR count). The number of anilines is 1. The molecule has 0 radical (unpaired) electrons. The van der Waals surface area contributed by atoms with Crippen LogP contribution in [0.2, 0.25) is 0 Å². The minimum absolute atomic E-state index is 0.219. The Balaban J connectivity index is 1.77. The first kappa shape index (κ1) is 15.2. The Bertz CT molecular complexity index is 649. The number of fused-ring (bicyclic) bond motifs is 1. The fraction of sp³-hybridized carbons (Fsp3) is 0.688. The van der Waals surface area contributed by atoms with Crippen LogP contribution in [0.3, 0.4) is 0 Å². The van der Waals surface area contributed by atoms with E-state index in [0.29, 0.717) is 0 Å². The number of nitrogens with one attached hydrogen (secondary N) is 1. The third-order valence-corrected chi connectivity index (χ3v) is 5.03. The van der Waals surface area contributed by atoms with Crippen molar-refractivity contribution in [1.29, 1.82) is 0 Å². The zero-order valence-electron chi connectivity index (χ0n) is 14.0. The Labute approximate surface area is 131 Å². The van der Waals surface area contributed by atoms with Crippen molar-refractivity contribution in [3.63, 3.8) is 0 Å². The summed E-state index contributed by atoms with van der Waals surface area (Å²) in [6, 6.07) is 3.94. The molecule has 6 nitrogen and oxygen atoms in total. The van der Waals surface area contributed by atoms with Crippen molar-refractivity contribution in [2.24, 2.45) is 5.92 Å². The van der Waals surface area contributed by atoms with Gasteiger partial charge < -0.3 is 10.2 Å². The SMILES string of the molecule is Cc1nnc2ccc(NCC3(N(C)C)CCCC(C)C3)nn12. The van der Waals surface area contributed by atoms with E-state index in [1.807, 2.05) is 19.1 Å². The predicted molar refractivity (Wildman–Crippen MR) is 88.1 cm³/mol. The van der Waals surface area contributed by atoms with Crippen molar-refractivity contribution in [2.75, 3.05) is 26.0 Å². The van der Waals surface area contributed by atoms with E-state index >= 15 is 0 Å². The average Bonchev–Trinajstić information content (AvgIpc) is 2.86. The van der Waals surface area contributed by atoms with Gasteiger partial charge in [-0.25, -0.2) is 0 Å². The molecule has 1 N–H and O–H groups in total. The number of nitrogens with zero attached hydrogens (tertiary/aromatic N) is 5. The first-order chi connectivity index (χ1) is 10.5. The van der Waals surface area contributed by atoms with Gasteiger partial charge in [0.1, 0.15) is 5.82 Å². The largest absolute Gasteiger partial charge is 0.367 e. The molecule has 0 spiro atoms. The highest BCUT2D eigenvalue weighted by Crippen LogP contribution is 2.35. The molecule has 6 heteroatoms. The van der Waals surface area contributed by atoms with Crippen molar-refractivity contribution in [3.8, 4) is 0 Å². The molecule has 0 bridgehead atoms. The fourth-order valence-electron chi connectivity index (χ4n) is 3.60. The smallest absolute Gasteiger partial charge is 0.178 e. The van der Waals surface area contributed by atoms with Crippen LogP contribution >= 0.6 is 0 Å². The van der Waals surface area contributed by atoms with Crippen LogP contribution in [-0.4, -0.2) is 50.9 Å². The summed E-state index contributed by atoms with van der Waals surface area (Å²) in [6.07, 6.45) is 5.13. The van der Waals surface area contributed by atoms with Crippen LogP contribution in [0.4, 0.5) is 5.82 Å². The number of rotatable bonds is 4. The van der Waals surface area contributed by atoms with E-state index in [0.717, 1.165) is 29.8 Å². The van der Waals surface area contributed by atoms with Gasteiger partial charge >= 0.3 is 0 Å². The van der Waals surface area contributed by atoms with Crippen LogP contribution < -0.4 is 5.32 Å². The van der Waals surface area contributed by atoms with Crippen molar-refractivity contribution in [2.45, 2.75) is 45.1 Å². The third kappa shape index (κ3) is 2.79. The van der Waals surface area contributed by atoms with Crippen molar-refractivity contribution in [1.82, 2.24) is 24.7 Å². The molecule has 2 aromatic heterocycles. The van der Waals surface area contributed by atoms with Gasteiger partial charge in [-0.1, -0.05) is 19.8 Å². The highest BCUT2D eigenvalue weighted by molar-refractivity contribution is 5.44. The summed E-state index contributed by atoms with van der Waals surface area (Å²) in [6.45, 7) is 5.20. The highest BCUT2D eigenvalue weighted by Gasteiger charge is 2.36. The second-order valence-corrected chi connectivity index (χ2v) is 6.91. The van der Waals surface area contributed by atoms with Crippen LogP contribution in [0.5, 0.6) is 0 Å². The number of hydrogen-bond donors (Lipinski definition) is 1. The number of aromatic nitrogens is 4. The molecular weight excluding hydrogens is 276 g/mol. The van der Waals surface area contributed by atoms with Crippen LogP contribution in [-0.2, 0) is 0 Å². The minimum atomic E-state index is 0.219. The lowest BCUT2D eigenvalue weighted by Gasteiger charge is -2.45. The van der Waals surface area contributed by atoms with Crippen LogP contribution in [0.25, 0.3) is 5.65 Å². The summed E-state index contributed by atoms with van der Waals surface area (Å²) >= 11 is 0. The molecule has 2 atom stereocenters. The molecule has 0 aromatic carbocycles. The number of aryl methyl sites for hydroxylation is 1. The lowest BCUT2D eigenvalue weighted by molar-refractivity contribution is 0.0881. The van der Waals surface area contributed by atoms with Gasteiger partial charge in [-0.2, -0.15) is 4.52 Å². The minimum Gasteiger partial charge on any atom is -0.367 e. The molecule has 0 saturated heterocycles. The Morgan fingerprint density at radius 2 is 2.18 bits per heavy atom. The molecule has 2 aromatic rings. The summed E-state index contributed by atoms with van der Waals surface area (Å²) in [5.41, 5.74) is 1.01. The monoisotopic (exact) mass is 302 g/mol. The second-order valence-electron chi connectivity index (χ2n) is 6.91. The van der Waals surface area contributed by atoms with Crippen LogP contribution in [0, 0.1) is 12.8 Å². The lowest BCUT2D eigenvalue weighted by atomic mass is 9.75. The molecule has 2 heterocycles. The van der Waals surface area contributed by atoms with Gasteiger partial charge in [0.05, 0.1) is 0 Å². The van der Waals surface area contributed by atoms with Gasteiger partial charge in [-0.3, -0.25) is 0 Å². The predicted octanol–water partition coefficient (Wildman–Crippen LogP) is 2.36. The average molecular weight is 302 g/mol. The van der Waals surface area contributed by atoms with Crippen molar-refractivity contribution >= 4 is 11.5 Å². The van der Waals surface area contributed by atoms with Gasteiger partial charge in [-0.05, 0) is 51.9 Å². The molecule has 22 heavy (non-hydrogen) atoms. The molecule has 0 aliphatic heterocycles. The molecule has 120 valence electrons. The Kier molecular flexibility index (Phi) is 4.04. The van der Waals surface area contributed by atoms with Gasteiger partial charge in [0, 0.05) is 12.1 Å². The van der Waals surface area contributed by atoms with E-state index in [2.05, 4.69) is 46.5 Å². The Morgan fingerprint density at radius 1 is 1.36 bits per heavy atom. The maximum absolute atomic E-state index is 4.59. The first-order valence-corrected chi connectivity index (χ1v) is 8.10. The molecule has 1 aliphatic rings. The van der Waals surface area contributed by atoms with Crippen molar-refractivity contribution < 1.29 is 0 Å². The maximum atomic E-state index is 4.59. The molecular formula is C16H26N6. The molecule has 1 aliphatic carbocycles. The third-order valence-electron chi connectivity index (χ3n) is 5.03. The fourth-order valence-corrected chi connectivity index (χ4v) is 3.60. The Morgan fingerprint density at radius 3 is 2.91 bits per heavy atom. The second kappa shape index (κ2) is 5.83. The quantitative estimate of drug-likeness (QED) is 0.939. The van der Waals surface area contributed by atoms with Gasteiger partial charge in [0.25, 0.3) is 0 Å². The van der Waals surface area contributed by atoms with E-state index in [4.69, 9.17) is 0 Å². The van der Waals surface area contributed by atoms with Gasteiger partial charge in [-0.15, -0.1) is 15.3 Å². The summed E-state index contributed by atoms with van der Waals surface area (Å²) in [5.74, 6) is 2.48. The standard InChI is InChI=1S/C16H26N6/c1-12-6-5-9-16(10-12,21(3)4)11-17-14-7-8-15-19-18-13(2)22(15)20-14/h7-8,12H,5-6,9-11H2,1-4H3,(H,17,20). The van der Waals surface area contributed by atoms with Gasteiger partial charge in [0.15, 0.2) is 11.5 Å². The molecule has 0 amide bonds. The highest BCUT2D eigenvalue weighted by atomic mass is 15.4. The van der Waals surface area contributed by atoms with E-state index in [1.165, 1.54) is 25.7 Å². The normalized spacial score (nSPS) is 25.8. The summed E-state index contributed by atoms with van der Waals surface area (Å²) in [4.78, 5) is 2.39. The van der Waals surface area contributed by atoms with E-state index in [-0.39, 0.29) is 5.54 Å². The summed E-state index contributed by atoms with van der Waals surface area (Å²) in [7, 11) is 4.39. The topological polar surface area (TPSA) is 58.4 Å². The summed E-state index contributed by atoms with van der Waals surface area (Å²) < 4.78 is 1.79. The zero-order chi connectivity index (χ0) is 15.7.